The van der Waals surface area contributed by atoms with E-state index in [2.05, 4.69) is 15.3 Å². The van der Waals surface area contributed by atoms with Crippen LogP contribution >= 0.6 is 22.6 Å². The maximum Gasteiger partial charge on any atom is 0.346 e. The summed E-state index contributed by atoms with van der Waals surface area (Å²) < 4.78 is 0.673. The van der Waals surface area contributed by atoms with Gasteiger partial charge in [-0.25, -0.2) is 9.78 Å². The molecule has 1 aromatic carbocycles. The van der Waals surface area contributed by atoms with Crippen LogP contribution in [0.25, 0.3) is 0 Å². The van der Waals surface area contributed by atoms with Crippen LogP contribution in [0, 0.1) is 3.57 Å². The Balaban J connectivity index is 2.25. The zero-order valence-electron chi connectivity index (χ0n) is 8.61. The normalized spacial score (nSPS) is 9.94. The van der Waals surface area contributed by atoms with Gasteiger partial charge in [-0.3, -0.25) is 9.78 Å². The van der Waals surface area contributed by atoms with Crippen LogP contribution in [0.2, 0.25) is 0 Å². The smallest absolute Gasteiger partial charge is 0.307 e. The monoisotopic (exact) mass is 341 g/mol. The van der Waals surface area contributed by atoms with Crippen molar-refractivity contribution < 1.29 is 4.79 Å². The molecule has 0 radical (unpaired) electrons. The molecule has 0 aliphatic heterocycles. The van der Waals surface area contributed by atoms with Crippen LogP contribution in [0.15, 0.2) is 41.3 Å². The fraction of sp³-hybridized carbons (Fsp3) is 0. The molecule has 0 fully saturated rings. The van der Waals surface area contributed by atoms with Gasteiger partial charge in [-0.2, -0.15) is 0 Å². The molecule has 1 aromatic heterocycles. The molecule has 5 nitrogen and oxygen atoms in total. The molecule has 0 bridgehead atoms. The molecule has 1 heterocycles. The Hall–Kier alpha value is -1.70. The lowest BCUT2D eigenvalue weighted by Crippen LogP contribution is -2.19. The van der Waals surface area contributed by atoms with Crippen LogP contribution in [-0.4, -0.2) is 15.9 Å². The summed E-state index contributed by atoms with van der Waals surface area (Å²) in [6.45, 7) is 0. The Morgan fingerprint density at radius 2 is 2.00 bits per heavy atom. The van der Waals surface area contributed by atoms with Gasteiger partial charge in [0.15, 0.2) is 0 Å². The summed E-state index contributed by atoms with van der Waals surface area (Å²) in [4.78, 5) is 28.9. The molecule has 86 valence electrons. The van der Waals surface area contributed by atoms with Crippen LogP contribution in [0.3, 0.4) is 0 Å². The molecule has 2 aromatic rings. The zero-order valence-corrected chi connectivity index (χ0v) is 10.8. The van der Waals surface area contributed by atoms with Crippen molar-refractivity contribution in [3.63, 3.8) is 0 Å². The van der Waals surface area contributed by atoms with E-state index in [1.807, 2.05) is 28.7 Å². The van der Waals surface area contributed by atoms with Gasteiger partial charge in [-0.05, 0) is 34.7 Å². The second-order valence-electron chi connectivity index (χ2n) is 3.23. The maximum absolute atomic E-state index is 11.8. The average molecular weight is 341 g/mol. The topological polar surface area (TPSA) is 74.8 Å². The number of halogens is 1. The molecule has 0 unspecified atom stereocenters. The number of amides is 1. The van der Waals surface area contributed by atoms with Gasteiger partial charge in [0.1, 0.15) is 5.82 Å². The minimum atomic E-state index is -0.492. The van der Waals surface area contributed by atoms with E-state index in [4.69, 9.17) is 0 Å². The van der Waals surface area contributed by atoms with Crippen molar-refractivity contribution in [2.24, 2.45) is 0 Å². The minimum absolute atomic E-state index is 0.273. The third kappa shape index (κ3) is 2.90. The first-order valence-electron chi connectivity index (χ1n) is 4.78. The quantitative estimate of drug-likeness (QED) is 0.816. The third-order valence-corrected chi connectivity index (χ3v) is 2.86. The van der Waals surface area contributed by atoms with Crippen LogP contribution in [0.4, 0.5) is 5.82 Å². The fourth-order valence-corrected chi connectivity index (χ4v) is 1.65. The highest BCUT2D eigenvalue weighted by Gasteiger charge is 2.08. The van der Waals surface area contributed by atoms with Crippen molar-refractivity contribution in [2.75, 3.05) is 5.32 Å². The summed E-state index contributed by atoms with van der Waals surface area (Å²) in [6.07, 6.45) is 1.40. The average Bonchev–Trinajstić information content (AvgIpc) is 2.35. The molecule has 2 N–H and O–H groups in total. The molecular weight excluding hydrogens is 333 g/mol. The molecule has 17 heavy (non-hydrogen) atoms. The van der Waals surface area contributed by atoms with Crippen molar-refractivity contribution in [2.45, 2.75) is 0 Å². The number of aromatic amines is 1. The summed E-state index contributed by atoms with van der Waals surface area (Å²) in [6, 6.07) is 8.77. The number of nitrogens with zero attached hydrogens (tertiary/aromatic N) is 1. The summed E-state index contributed by atoms with van der Waals surface area (Å²) in [5.74, 6) is 0.0878. The maximum atomic E-state index is 11.8. The number of hydrogen-bond acceptors (Lipinski definition) is 3. The van der Waals surface area contributed by atoms with Crippen molar-refractivity contribution in [1.29, 1.82) is 0 Å². The van der Waals surface area contributed by atoms with Gasteiger partial charge in [0.2, 0.25) is 0 Å². The second kappa shape index (κ2) is 5.09. The number of nitrogens with one attached hydrogen (secondary N) is 2. The molecular formula is C11H8IN3O2. The number of aromatic nitrogens is 2. The molecule has 0 saturated carbocycles. The largest absolute Gasteiger partial charge is 0.346 e. The van der Waals surface area contributed by atoms with Gasteiger partial charge in [0.05, 0.1) is 3.57 Å². The molecule has 2 rings (SSSR count). The zero-order chi connectivity index (χ0) is 12.3. The number of H-pyrrole nitrogens is 1. The lowest BCUT2D eigenvalue weighted by Gasteiger charge is -2.05. The lowest BCUT2D eigenvalue weighted by molar-refractivity contribution is 0.102. The number of carbonyl (C=O) groups excluding carboxylic acids is 1. The van der Waals surface area contributed by atoms with E-state index in [1.165, 1.54) is 6.20 Å². The van der Waals surface area contributed by atoms with Crippen LogP contribution in [0.1, 0.15) is 10.4 Å². The number of anilines is 1. The van der Waals surface area contributed by atoms with Gasteiger partial charge in [-0.15, -0.1) is 0 Å². The Morgan fingerprint density at radius 3 is 2.71 bits per heavy atom. The van der Waals surface area contributed by atoms with Gasteiger partial charge in [-0.1, -0.05) is 18.2 Å². The van der Waals surface area contributed by atoms with Crippen molar-refractivity contribution >= 4 is 34.3 Å². The standard InChI is InChI=1S/C11H8IN3O2/c12-8-6-13-11(17)15-9(8)14-10(16)7-4-2-1-3-5-7/h1-6H,(H2,13,14,15,16,17). The number of benzene rings is 1. The van der Waals surface area contributed by atoms with Gasteiger partial charge < -0.3 is 5.32 Å². The Morgan fingerprint density at radius 1 is 1.29 bits per heavy atom. The van der Waals surface area contributed by atoms with Crippen LogP contribution in [-0.2, 0) is 0 Å². The van der Waals surface area contributed by atoms with E-state index in [0.29, 0.717) is 15.0 Å². The number of carbonyl (C=O) groups is 1. The first-order valence-corrected chi connectivity index (χ1v) is 5.86. The predicted octanol–water partition coefficient (Wildman–Crippen LogP) is 1.63. The highest BCUT2D eigenvalue weighted by atomic mass is 127. The van der Waals surface area contributed by atoms with E-state index >= 15 is 0 Å². The highest BCUT2D eigenvalue weighted by molar-refractivity contribution is 14.1. The summed E-state index contributed by atoms with van der Waals surface area (Å²) in [7, 11) is 0. The third-order valence-electron chi connectivity index (χ3n) is 2.04. The predicted molar refractivity (Wildman–Crippen MR) is 72.0 cm³/mol. The SMILES string of the molecule is O=C(Nc1[nH]c(=O)ncc1I)c1ccccc1. The molecule has 6 heteroatoms. The second-order valence-corrected chi connectivity index (χ2v) is 4.39. The first-order chi connectivity index (χ1) is 8.16. The molecule has 0 atom stereocenters. The Kier molecular flexibility index (Phi) is 3.52. The minimum Gasteiger partial charge on any atom is -0.307 e. The Labute approximate surface area is 110 Å². The van der Waals surface area contributed by atoms with E-state index < -0.39 is 5.69 Å². The van der Waals surface area contributed by atoms with Crippen molar-refractivity contribution in [1.82, 2.24) is 9.97 Å². The fourth-order valence-electron chi connectivity index (χ4n) is 1.24. The summed E-state index contributed by atoms with van der Waals surface area (Å²) in [5, 5.41) is 2.63. The van der Waals surface area contributed by atoms with E-state index in [9.17, 15) is 9.59 Å². The lowest BCUT2D eigenvalue weighted by atomic mass is 10.2. The molecule has 0 spiro atoms. The molecule has 0 saturated heterocycles. The number of hydrogen-bond donors (Lipinski definition) is 2. The van der Waals surface area contributed by atoms with E-state index in [-0.39, 0.29) is 5.91 Å². The van der Waals surface area contributed by atoms with Gasteiger partial charge in [0.25, 0.3) is 5.91 Å². The van der Waals surface area contributed by atoms with Crippen LogP contribution < -0.4 is 11.0 Å². The first kappa shape index (κ1) is 11.8. The summed E-state index contributed by atoms with van der Waals surface area (Å²) >= 11 is 1.98. The van der Waals surface area contributed by atoms with Crippen LogP contribution in [0.5, 0.6) is 0 Å². The van der Waals surface area contributed by atoms with Gasteiger partial charge >= 0.3 is 5.69 Å². The molecule has 0 aliphatic carbocycles. The Bertz CT molecular complexity index is 595. The van der Waals surface area contributed by atoms with E-state index in [0.717, 1.165) is 0 Å². The van der Waals surface area contributed by atoms with Crippen molar-refractivity contribution in [3.05, 3.63) is 56.1 Å². The van der Waals surface area contributed by atoms with Gasteiger partial charge in [0, 0.05) is 11.8 Å². The van der Waals surface area contributed by atoms with Crippen molar-refractivity contribution in [3.8, 4) is 0 Å². The summed E-state index contributed by atoms with van der Waals surface area (Å²) in [5.41, 5.74) is 0.0368. The molecule has 1 amide bonds. The molecule has 0 aliphatic rings. The highest BCUT2D eigenvalue weighted by Crippen LogP contribution is 2.12. The van der Waals surface area contributed by atoms with E-state index in [1.54, 1.807) is 24.3 Å². The number of rotatable bonds is 2.